The Morgan fingerprint density at radius 3 is 2.42 bits per heavy atom. The molecule has 0 saturated heterocycles. The van der Waals surface area contributed by atoms with Gasteiger partial charge in [0.1, 0.15) is 11.6 Å². The molecule has 0 atom stereocenters. The predicted octanol–water partition coefficient (Wildman–Crippen LogP) is 6.91. The van der Waals surface area contributed by atoms with E-state index in [-0.39, 0.29) is 11.6 Å². The van der Waals surface area contributed by atoms with E-state index in [9.17, 15) is 17.6 Å². The maximum Gasteiger partial charge on any atom is 0.573 e. The van der Waals surface area contributed by atoms with Crippen molar-refractivity contribution in [3.05, 3.63) is 58.9 Å². The number of aryl methyl sites for hydroxylation is 1. The predicted molar refractivity (Wildman–Crippen MR) is 94.3 cm³/mol. The van der Waals surface area contributed by atoms with Gasteiger partial charge in [-0.3, -0.25) is 0 Å². The van der Waals surface area contributed by atoms with E-state index in [1.807, 2.05) is 0 Å². The first kappa shape index (κ1) is 18.5. The number of unbranched alkanes of at least 4 members (excludes halogenated alkanes) is 1. The highest BCUT2D eigenvalue weighted by Gasteiger charge is 2.31. The van der Waals surface area contributed by atoms with Crippen LogP contribution in [0.25, 0.3) is 17.2 Å². The molecule has 0 aliphatic heterocycles. The third-order valence-corrected chi connectivity index (χ3v) is 4.55. The van der Waals surface area contributed by atoms with Crippen LogP contribution in [0.3, 0.4) is 0 Å². The average Bonchev–Trinajstić information content (AvgIpc) is 2.58. The molecule has 0 heterocycles. The van der Waals surface area contributed by atoms with Crippen LogP contribution in [-0.4, -0.2) is 6.36 Å². The fourth-order valence-corrected chi connectivity index (χ4v) is 3.23. The molecule has 3 rings (SSSR count). The molecule has 5 heteroatoms. The summed E-state index contributed by atoms with van der Waals surface area (Å²) in [5.41, 5.74) is 4.24. The molecule has 0 fully saturated rings. The Morgan fingerprint density at radius 1 is 1.04 bits per heavy atom. The minimum Gasteiger partial charge on any atom is -0.406 e. The van der Waals surface area contributed by atoms with Crippen LogP contribution in [0.5, 0.6) is 5.75 Å². The quantitative estimate of drug-likeness (QED) is 0.524. The molecule has 0 radical (unpaired) electrons. The molecular formula is C21H20F4O. The molecule has 0 unspecified atom stereocenters. The van der Waals surface area contributed by atoms with Crippen LogP contribution in [0.15, 0.2) is 42.0 Å². The highest BCUT2D eigenvalue weighted by atomic mass is 19.4. The van der Waals surface area contributed by atoms with Crippen LogP contribution in [-0.2, 0) is 6.42 Å². The number of fused-ring (bicyclic) bond motifs is 1. The minimum absolute atomic E-state index is 0.317. The topological polar surface area (TPSA) is 9.23 Å². The zero-order chi connectivity index (χ0) is 18.7. The van der Waals surface area contributed by atoms with Crippen molar-refractivity contribution >= 4 is 6.08 Å². The van der Waals surface area contributed by atoms with Gasteiger partial charge < -0.3 is 4.74 Å². The molecule has 0 aromatic heterocycles. The van der Waals surface area contributed by atoms with E-state index >= 15 is 0 Å². The lowest BCUT2D eigenvalue weighted by molar-refractivity contribution is -0.274. The number of rotatable bonds is 5. The highest BCUT2D eigenvalue weighted by Crippen LogP contribution is 2.33. The third kappa shape index (κ3) is 4.45. The van der Waals surface area contributed by atoms with Crippen LogP contribution in [0, 0.1) is 5.82 Å². The molecule has 0 bridgehead atoms. The lowest BCUT2D eigenvalue weighted by atomic mass is 9.87. The van der Waals surface area contributed by atoms with Gasteiger partial charge in [0, 0.05) is 5.56 Å². The summed E-state index contributed by atoms with van der Waals surface area (Å²) < 4.78 is 55.1. The van der Waals surface area contributed by atoms with Gasteiger partial charge in [0.25, 0.3) is 0 Å². The number of benzene rings is 2. The van der Waals surface area contributed by atoms with E-state index in [0.717, 1.165) is 43.2 Å². The van der Waals surface area contributed by atoms with Gasteiger partial charge in [-0.25, -0.2) is 4.39 Å². The van der Waals surface area contributed by atoms with Crippen LogP contribution >= 0.6 is 0 Å². The minimum atomic E-state index is -4.74. The largest absolute Gasteiger partial charge is 0.573 e. The summed E-state index contributed by atoms with van der Waals surface area (Å²) >= 11 is 0. The summed E-state index contributed by atoms with van der Waals surface area (Å²) in [4.78, 5) is 0. The Bertz CT molecular complexity index is 804. The number of hydrogen-bond donors (Lipinski definition) is 0. The third-order valence-electron chi connectivity index (χ3n) is 4.55. The second-order valence-electron chi connectivity index (χ2n) is 6.51. The summed E-state index contributed by atoms with van der Waals surface area (Å²) in [7, 11) is 0. The van der Waals surface area contributed by atoms with Crippen molar-refractivity contribution in [2.24, 2.45) is 0 Å². The van der Waals surface area contributed by atoms with Gasteiger partial charge in [-0.15, -0.1) is 13.2 Å². The van der Waals surface area contributed by atoms with Crippen LogP contribution in [0.1, 0.15) is 43.7 Å². The standard InChI is InChI=1S/C21H20F4O/c1-2-3-4-14-5-6-16-12-19(20(22)13-17(16)11-14)15-7-9-18(10-8-15)26-21(23,24)25/h7-13H,2-6H2,1H3. The second-order valence-corrected chi connectivity index (χ2v) is 6.51. The molecule has 2 aromatic carbocycles. The first-order chi connectivity index (χ1) is 12.4. The Morgan fingerprint density at radius 2 is 1.77 bits per heavy atom. The monoisotopic (exact) mass is 364 g/mol. The summed E-state index contributed by atoms with van der Waals surface area (Å²) in [6, 6.07) is 8.61. The normalized spacial score (nSPS) is 14.0. The molecule has 0 N–H and O–H groups in total. The van der Waals surface area contributed by atoms with E-state index in [2.05, 4.69) is 17.7 Å². The van der Waals surface area contributed by atoms with Gasteiger partial charge in [-0.05, 0) is 66.6 Å². The number of ether oxygens (including phenoxy) is 1. The van der Waals surface area contributed by atoms with Crippen LogP contribution in [0.4, 0.5) is 17.6 Å². The van der Waals surface area contributed by atoms with E-state index in [4.69, 9.17) is 0 Å². The number of alkyl halides is 3. The second kappa shape index (κ2) is 7.52. The Labute approximate surface area is 150 Å². The number of allylic oxidation sites excluding steroid dienone is 1. The SMILES string of the molecule is CCCCC1=Cc2cc(F)c(-c3ccc(OC(F)(F)F)cc3)cc2CC1. The molecular weight excluding hydrogens is 344 g/mol. The van der Waals surface area contributed by atoms with Crippen molar-refractivity contribution in [2.75, 3.05) is 0 Å². The smallest absolute Gasteiger partial charge is 0.406 e. The maximum atomic E-state index is 14.6. The van der Waals surface area contributed by atoms with E-state index in [0.29, 0.717) is 11.1 Å². The first-order valence-corrected chi connectivity index (χ1v) is 8.74. The van der Waals surface area contributed by atoms with Gasteiger partial charge in [0.2, 0.25) is 0 Å². The number of halogens is 4. The summed E-state index contributed by atoms with van der Waals surface area (Å²) in [5, 5.41) is 0. The summed E-state index contributed by atoms with van der Waals surface area (Å²) in [6.07, 6.45) is 2.46. The molecule has 138 valence electrons. The summed E-state index contributed by atoms with van der Waals surface area (Å²) in [5.74, 6) is -0.690. The van der Waals surface area contributed by atoms with Crippen molar-refractivity contribution in [1.29, 1.82) is 0 Å². The van der Waals surface area contributed by atoms with Crippen molar-refractivity contribution in [3.8, 4) is 16.9 Å². The summed E-state index contributed by atoms with van der Waals surface area (Å²) in [6.45, 7) is 2.15. The lowest BCUT2D eigenvalue weighted by Crippen LogP contribution is -2.16. The van der Waals surface area contributed by atoms with Crippen molar-refractivity contribution < 1.29 is 22.3 Å². The molecule has 26 heavy (non-hydrogen) atoms. The van der Waals surface area contributed by atoms with Gasteiger partial charge in [0.05, 0.1) is 0 Å². The van der Waals surface area contributed by atoms with Gasteiger partial charge in [-0.1, -0.05) is 37.1 Å². The fraction of sp³-hybridized carbons (Fsp3) is 0.333. The molecule has 1 aliphatic carbocycles. The zero-order valence-electron chi connectivity index (χ0n) is 14.5. The first-order valence-electron chi connectivity index (χ1n) is 8.74. The highest BCUT2D eigenvalue weighted by molar-refractivity contribution is 5.70. The van der Waals surface area contributed by atoms with Gasteiger partial charge >= 0.3 is 6.36 Å². The van der Waals surface area contributed by atoms with E-state index in [1.165, 1.54) is 35.9 Å². The Kier molecular flexibility index (Phi) is 5.35. The molecule has 2 aromatic rings. The molecule has 1 aliphatic rings. The number of hydrogen-bond acceptors (Lipinski definition) is 1. The molecule has 0 saturated carbocycles. The van der Waals surface area contributed by atoms with Crippen LogP contribution in [0.2, 0.25) is 0 Å². The van der Waals surface area contributed by atoms with E-state index < -0.39 is 6.36 Å². The lowest BCUT2D eigenvalue weighted by Gasteiger charge is -2.18. The average molecular weight is 364 g/mol. The van der Waals surface area contributed by atoms with E-state index in [1.54, 1.807) is 6.07 Å². The maximum absolute atomic E-state index is 14.6. The van der Waals surface area contributed by atoms with Crippen LogP contribution < -0.4 is 4.74 Å². The Hall–Kier alpha value is -2.30. The van der Waals surface area contributed by atoms with Gasteiger partial charge in [-0.2, -0.15) is 0 Å². The Balaban J connectivity index is 1.85. The molecule has 0 spiro atoms. The van der Waals surface area contributed by atoms with Crippen molar-refractivity contribution in [3.63, 3.8) is 0 Å². The van der Waals surface area contributed by atoms with Gasteiger partial charge in [0.15, 0.2) is 0 Å². The molecule has 1 nitrogen and oxygen atoms in total. The van der Waals surface area contributed by atoms with Crippen molar-refractivity contribution in [2.45, 2.75) is 45.4 Å². The fourth-order valence-electron chi connectivity index (χ4n) is 3.23. The zero-order valence-corrected chi connectivity index (χ0v) is 14.5. The molecule has 0 amide bonds. The van der Waals surface area contributed by atoms with Crippen molar-refractivity contribution in [1.82, 2.24) is 0 Å².